The van der Waals surface area contributed by atoms with E-state index >= 15 is 0 Å². The zero-order valence-corrected chi connectivity index (χ0v) is 52.2. The van der Waals surface area contributed by atoms with Crippen LogP contribution in [0.3, 0.4) is 0 Å². The van der Waals surface area contributed by atoms with E-state index in [0.717, 1.165) is 46.6 Å². The van der Waals surface area contributed by atoms with Gasteiger partial charge in [0.1, 0.15) is 36.3 Å². The smallest absolute Gasteiger partial charge is 0.326 e. The van der Waals surface area contributed by atoms with Gasteiger partial charge in [0.15, 0.2) is 17.9 Å². The van der Waals surface area contributed by atoms with Crippen LogP contribution in [-0.4, -0.2) is 219 Å². The first-order valence-electron chi connectivity index (χ1n) is 31.3. The molecule has 1 aromatic heterocycles. The number of thiophene rings is 1. The number of benzene rings is 1. The van der Waals surface area contributed by atoms with Gasteiger partial charge in [-0.2, -0.15) is 0 Å². The zero-order chi connectivity index (χ0) is 66.6. The number of hydrogen-bond acceptors (Lipinski definition) is 19. The molecule has 0 bridgehead atoms. The highest BCUT2D eigenvalue weighted by molar-refractivity contribution is 7.09. The second kappa shape index (κ2) is 34.3. The van der Waals surface area contributed by atoms with Gasteiger partial charge in [0.25, 0.3) is 5.91 Å². The van der Waals surface area contributed by atoms with Crippen molar-refractivity contribution >= 4 is 88.3 Å². The minimum absolute atomic E-state index is 0.00234. The summed E-state index contributed by atoms with van der Waals surface area (Å²) in [6.45, 7) is -1.26. The maximum atomic E-state index is 14.4. The number of β-amino-alcohol motifs (C(OH)–C–C–N with tert-alkyl or cyclic N) is 1. The third-order valence-electron chi connectivity index (χ3n) is 17.2. The van der Waals surface area contributed by atoms with Crippen LogP contribution in [0.5, 0.6) is 0 Å². The van der Waals surface area contributed by atoms with E-state index in [1.165, 1.54) is 16.2 Å². The number of amides is 9. The zero-order valence-electron chi connectivity index (χ0n) is 51.4. The number of aliphatic carboxylic acids is 1. The molecule has 12 unspecified atom stereocenters. The summed E-state index contributed by atoms with van der Waals surface area (Å²) in [6, 6.07) is 0.321. The molecular formula is C59H89N19O13S. The van der Waals surface area contributed by atoms with Crippen LogP contribution in [-0.2, 0) is 67.3 Å². The molecular weight excluding hydrogens is 1210 g/mol. The minimum atomic E-state index is -1.64. The third-order valence-corrected chi connectivity index (χ3v) is 18.1. The Morgan fingerprint density at radius 3 is 2.08 bits per heavy atom. The van der Waals surface area contributed by atoms with E-state index in [2.05, 4.69) is 52.2 Å². The Morgan fingerprint density at radius 1 is 0.717 bits per heavy atom. The van der Waals surface area contributed by atoms with Crippen LogP contribution in [0.25, 0.3) is 0 Å². The number of rotatable bonds is 30. The summed E-state index contributed by atoms with van der Waals surface area (Å²) in [5, 5.41) is 52.5. The Labute approximate surface area is 536 Å². The maximum absolute atomic E-state index is 14.4. The molecule has 9 amide bonds. The number of carbonyl (C=O) groups excluding carboxylic acids is 9. The fourth-order valence-corrected chi connectivity index (χ4v) is 13.3. The maximum Gasteiger partial charge on any atom is 0.326 e. The topological polar surface area (TPSA) is 519 Å². The molecule has 1 aliphatic carbocycles. The van der Waals surface area contributed by atoms with Crippen molar-refractivity contribution < 1.29 is 63.3 Å². The molecule has 2 aromatic rings. The summed E-state index contributed by atoms with van der Waals surface area (Å²) in [5.41, 5.74) is 35.9. The summed E-state index contributed by atoms with van der Waals surface area (Å²) >= 11 is 1.26. The van der Waals surface area contributed by atoms with Gasteiger partial charge in [-0.1, -0.05) is 43.2 Å². The van der Waals surface area contributed by atoms with E-state index in [1.54, 1.807) is 17.5 Å². The number of nitrogens with two attached hydrogens (primary N) is 6. The lowest BCUT2D eigenvalue weighted by molar-refractivity contribution is -0.160. The van der Waals surface area contributed by atoms with Gasteiger partial charge >= 0.3 is 5.97 Å². The molecule has 504 valence electrons. The standard InChI is InChI=1S/C59H89N19O13S/c60-37(14-5-19-66-57(61)62)48(82)73-39(16-6-20-67-58(63)64)52(86)76-22-8-18-44(76)55(89)77-30-35(80)26-46(77)51(85)70-29-47(81)72-40(27-36-13-9-23-92-36)49(83)74-43(31-79)50(84)75-59(65)68-21-7-17-45(56(90)91)78(54(88)42-25-33-11-3-4-15-38(33)71-42)53(87)41-24-32-10-1-2-12-34(32)28-69-41/h1-2,9-10,12-13,23,33,35,37-46,69,71,79-80H,3-8,11,14-22,24-31,60H2,(H,70,85)(H,72,81)(H,73,82)(H,74,83)(H,90,91)(H4,61,62,66)(H4,63,64,67)(H3,65,68,75,84). The number of carboxylic acid groups (broad SMARTS) is 1. The second-order valence-electron chi connectivity index (χ2n) is 23.8. The molecule has 32 nitrogen and oxygen atoms in total. The van der Waals surface area contributed by atoms with Gasteiger partial charge in [-0.05, 0) is 106 Å². The SMILES string of the molecule is NC(N)=NCCCC(N)C(=O)NC(CCCN=C(N)N)C(=O)N1CCCC1C(=O)N1CC(O)CC1C(=O)NCC(=O)NC(Cc1cccs1)C(=O)NC(CO)C(=O)NC(N)=NCCCC(C(=O)O)N(C(=O)C1Cc2ccccc2CN1)C(=O)C1CC2CCCCC2N1. The van der Waals surface area contributed by atoms with Crippen LogP contribution >= 0.6 is 11.3 Å². The highest BCUT2D eigenvalue weighted by Gasteiger charge is 2.48. The molecule has 92 heavy (non-hydrogen) atoms. The monoisotopic (exact) mass is 1300 g/mol. The molecule has 0 radical (unpaired) electrons. The van der Waals surface area contributed by atoms with E-state index in [9.17, 15) is 63.3 Å². The van der Waals surface area contributed by atoms with Gasteiger partial charge in [0, 0.05) is 63.0 Å². The van der Waals surface area contributed by atoms with Crippen LogP contribution in [0.15, 0.2) is 56.8 Å². The fraction of sp³-hybridized carbons (Fsp3) is 0.610. The number of carboxylic acids is 1. The van der Waals surface area contributed by atoms with E-state index in [1.807, 2.05) is 24.3 Å². The molecule has 1 saturated carbocycles. The minimum Gasteiger partial charge on any atom is -0.480 e. The number of carbonyl (C=O) groups is 10. The van der Waals surface area contributed by atoms with Gasteiger partial charge in [-0.15, -0.1) is 11.3 Å². The summed E-state index contributed by atoms with van der Waals surface area (Å²) in [6.07, 6.45) is 4.39. The van der Waals surface area contributed by atoms with Crippen molar-refractivity contribution in [3.63, 3.8) is 0 Å². The average molecular weight is 1300 g/mol. The van der Waals surface area contributed by atoms with Crippen molar-refractivity contribution in [2.45, 2.75) is 176 Å². The van der Waals surface area contributed by atoms with Gasteiger partial charge in [-0.3, -0.25) is 68.3 Å². The van der Waals surface area contributed by atoms with Crippen molar-refractivity contribution in [2.24, 2.45) is 55.3 Å². The quantitative estimate of drug-likeness (QED) is 0.0151. The average Bonchev–Trinajstić information content (AvgIpc) is 2.00. The molecule has 4 fully saturated rings. The number of fused-ring (bicyclic) bond motifs is 2. The lowest BCUT2D eigenvalue weighted by Gasteiger charge is -2.34. The molecule has 33 heteroatoms. The van der Waals surface area contributed by atoms with Gasteiger partial charge in [0.2, 0.25) is 47.3 Å². The number of imide groups is 1. The Hall–Kier alpha value is -8.37. The number of aliphatic hydroxyl groups is 2. The number of guanidine groups is 3. The predicted octanol–water partition coefficient (Wildman–Crippen LogP) is -5.10. The largest absolute Gasteiger partial charge is 0.480 e. The van der Waals surface area contributed by atoms with Crippen molar-refractivity contribution in [1.29, 1.82) is 0 Å². The van der Waals surface area contributed by atoms with Crippen LogP contribution in [0.2, 0.25) is 0 Å². The molecule has 4 aliphatic heterocycles. The summed E-state index contributed by atoms with van der Waals surface area (Å²) in [4.78, 5) is 155. The molecule has 5 aliphatic rings. The van der Waals surface area contributed by atoms with E-state index < -0.39 is 139 Å². The Kier molecular flexibility index (Phi) is 26.5. The highest BCUT2D eigenvalue weighted by Crippen LogP contribution is 2.35. The highest BCUT2D eigenvalue weighted by atomic mass is 32.1. The van der Waals surface area contributed by atoms with E-state index in [-0.39, 0.29) is 114 Å². The summed E-state index contributed by atoms with van der Waals surface area (Å²) in [5.74, 6) is -8.64. The number of likely N-dealkylation sites (tertiary alicyclic amines) is 2. The lowest BCUT2D eigenvalue weighted by atomic mass is 9.85. The number of nitrogens with zero attached hydrogens (tertiary/aromatic N) is 6. The van der Waals surface area contributed by atoms with Gasteiger partial charge in [-0.25, -0.2) is 4.79 Å². The van der Waals surface area contributed by atoms with E-state index in [0.29, 0.717) is 30.7 Å². The van der Waals surface area contributed by atoms with Crippen molar-refractivity contribution in [3.05, 3.63) is 57.8 Å². The molecule has 12 atom stereocenters. The number of aliphatic imine (C=N–C) groups is 3. The van der Waals surface area contributed by atoms with Gasteiger partial charge < -0.3 is 91.4 Å². The summed E-state index contributed by atoms with van der Waals surface area (Å²) < 4.78 is 0. The lowest BCUT2D eigenvalue weighted by Crippen LogP contribution is -2.60. The predicted molar refractivity (Wildman–Crippen MR) is 338 cm³/mol. The first kappa shape index (κ1) is 71.1. The third kappa shape index (κ3) is 19.8. The van der Waals surface area contributed by atoms with Crippen molar-refractivity contribution in [1.82, 2.24) is 51.9 Å². The molecule has 3 saturated heterocycles. The van der Waals surface area contributed by atoms with Gasteiger partial charge in [0.05, 0.1) is 37.4 Å². The van der Waals surface area contributed by atoms with E-state index in [4.69, 9.17) is 34.4 Å². The number of aliphatic hydroxyl groups excluding tert-OH is 2. The van der Waals surface area contributed by atoms with Crippen molar-refractivity contribution in [3.8, 4) is 0 Å². The molecule has 22 N–H and O–H groups in total. The first-order chi connectivity index (χ1) is 44.0. The van der Waals surface area contributed by atoms with Crippen LogP contribution < -0.4 is 71.6 Å². The molecule has 1 aromatic carbocycles. The normalized spacial score (nSPS) is 22.6. The molecule has 0 spiro atoms. The fourth-order valence-electron chi connectivity index (χ4n) is 12.5. The Bertz CT molecular complexity index is 3020. The summed E-state index contributed by atoms with van der Waals surface area (Å²) in [7, 11) is 0. The van der Waals surface area contributed by atoms with Crippen LogP contribution in [0.4, 0.5) is 0 Å². The van der Waals surface area contributed by atoms with Crippen LogP contribution in [0.1, 0.15) is 106 Å². The number of nitrogens with one attached hydrogen (secondary N) is 7. The molecule has 5 heterocycles. The van der Waals surface area contributed by atoms with Crippen molar-refractivity contribution in [2.75, 3.05) is 45.9 Å². The second-order valence-corrected chi connectivity index (χ2v) is 24.9. The number of hydrogen-bond donors (Lipinski definition) is 16. The first-order valence-corrected chi connectivity index (χ1v) is 32.1. The Morgan fingerprint density at radius 2 is 1.39 bits per heavy atom. The Balaban J connectivity index is 0.929. The molecule has 7 rings (SSSR count). The van der Waals surface area contributed by atoms with Crippen LogP contribution in [0, 0.1) is 5.92 Å².